The van der Waals surface area contributed by atoms with Gasteiger partial charge in [0.2, 0.25) is 0 Å². The van der Waals surface area contributed by atoms with Crippen LogP contribution >= 0.6 is 0 Å². The number of hydrogen-bond acceptors (Lipinski definition) is 3. The van der Waals surface area contributed by atoms with Crippen LogP contribution in [0.15, 0.2) is 18.2 Å². The Balaban J connectivity index is 2.65. The molecule has 1 N–H and O–H groups in total. The molecule has 1 aromatic carbocycles. The van der Waals surface area contributed by atoms with Crippen molar-refractivity contribution < 1.29 is 9.13 Å². The van der Waals surface area contributed by atoms with E-state index in [-0.39, 0.29) is 5.82 Å². The molecule has 0 aromatic heterocycles. The summed E-state index contributed by atoms with van der Waals surface area (Å²) < 4.78 is 19.2. The number of ether oxygens (including phenoxy) is 1. The second kappa shape index (κ2) is 9.72. The van der Waals surface area contributed by atoms with Crippen LogP contribution in [0.4, 0.5) is 10.1 Å². The first kappa shape index (κ1) is 16.9. The summed E-state index contributed by atoms with van der Waals surface area (Å²) in [5, 5.41) is 3.22. The molecule has 0 atom stereocenters. The fraction of sp³-hybridized carbons (Fsp3) is 0.625. The summed E-state index contributed by atoms with van der Waals surface area (Å²) in [5.41, 5.74) is 1.68. The van der Waals surface area contributed by atoms with Crippen molar-refractivity contribution in [2.45, 2.75) is 33.2 Å². The maximum atomic E-state index is 14.2. The van der Waals surface area contributed by atoms with Crippen LogP contribution in [0.2, 0.25) is 0 Å². The SMILES string of the molecule is CCCN(CCC)c1ccc(CNCCOC)cc1F. The molecule has 1 aromatic rings. The van der Waals surface area contributed by atoms with Crippen LogP contribution in [0.25, 0.3) is 0 Å². The zero-order chi connectivity index (χ0) is 14.8. The van der Waals surface area contributed by atoms with Gasteiger partial charge >= 0.3 is 0 Å². The highest BCUT2D eigenvalue weighted by molar-refractivity contribution is 5.49. The van der Waals surface area contributed by atoms with Gasteiger partial charge in [-0.25, -0.2) is 4.39 Å². The average Bonchev–Trinajstić information content (AvgIpc) is 2.44. The normalized spacial score (nSPS) is 10.8. The molecule has 0 heterocycles. The van der Waals surface area contributed by atoms with Crippen molar-refractivity contribution in [1.29, 1.82) is 0 Å². The van der Waals surface area contributed by atoms with Crippen molar-refractivity contribution in [3.05, 3.63) is 29.6 Å². The van der Waals surface area contributed by atoms with E-state index in [1.807, 2.05) is 12.1 Å². The first-order chi connectivity index (χ1) is 9.72. The highest BCUT2D eigenvalue weighted by atomic mass is 19.1. The smallest absolute Gasteiger partial charge is 0.146 e. The van der Waals surface area contributed by atoms with Crippen LogP contribution in [0.5, 0.6) is 0 Å². The van der Waals surface area contributed by atoms with Crippen molar-refractivity contribution >= 4 is 5.69 Å². The molecule has 0 aliphatic heterocycles. The van der Waals surface area contributed by atoms with Crippen molar-refractivity contribution in [3.8, 4) is 0 Å². The van der Waals surface area contributed by atoms with E-state index in [4.69, 9.17) is 4.74 Å². The van der Waals surface area contributed by atoms with Gasteiger partial charge in [-0.2, -0.15) is 0 Å². The Bertz CT molecular complexity index is 379. The third-order valence-corrected chi connectivity index (χ3v) is 3.15. The average molecular weight is 282 g/mol. The van der Waals surface area contributed by atoms with Gasteiger partial charge in [-0.1, -0.05) is 19.9 Å². The second-order valence-electron chi connectivity index (χ2n) is 4.94. The van der Waals surface area contributed by atoms with Crippen LogP contribution in [-0.4, -0.2) is 33.4 Å². The molecule has 0 amide bonds. The molecule has 0 fully saturated rings. The van der Waals surface area contributed by atoms with E-state index in [1.54, 1.807) is 13.2 Å². The Morgan fingerprint density at radius 2 is 1.90 bits per heavy atom. The first-order valence-electron chi connectivity index (χ1n) is 7.45. The van der Waals surface area contributed by atoms with Gasteiger partial charge < -0.3 is 15.0 Å². The highest BCUT2D eigenvalue weighted by Crippen LogP contribution is 2.21. The molecule has 1 rings (SSSR count). The fourth-order valence-corrected chi connectivity index (χ4v) is 2.22. The molecule has 0 saturated carbocycles. The minimum atomic E-state index is -0.127. The lowest BCUT2D eigenvalue weighted by Gasteiger charge is -2.24. The maximum Gasteiger partial charge on any atom is 0.146 e. The second-order valence-corrected chi connectivity index (χ2v) is 4.94. The van der Waals surface area contributed by atoms with Crippen LogP contribution in [0.3, 0.4) is 0 Å². The summed E-state index contributed by atoms with van der Waals surface area (Å²) >= 11 is 0. The summed E-state index contributed by atoms with van der Waals surface area (Å²) in [4.78, 5) is 2.12. The summed E-state index contributed by atoms with van der Waals surface area (Å²) in [6.07, 6.45) is 2.06. The van der Waals surface area contributed by atoms with Gasteiger partial charge in [0.1, 0.15) is 5.82 Å². The van der Waals surface area contributed by atoms with Gasteiger partial charge in [-0.15, -0.1) is 0 Å². The van der Waals surface area contributed by atoms with Crippen LogP contribution in [0.1, 0.15) is 32.3 Å². The Kier molecular flexibility index (Phi) is 8.23. The molecule has 0 aliphatic rings. The Hall–Kier alpha value is -1.13. The molecule has 0 bridgehead atoms. The van der Waals surface area contributed by atoms with E-state index < -0.39 is 0 Å². The predicted octanol–water partition coefficient (Wildman–Crippen LogP) is 3.19. The Morgan fingerprint density at radius 3 is 2.45 bits per heavy atom. The molecular formula is C16H27FN2O. The van der Waals surface area contributed by atoms with Crippen LogP contribution in [0, 0.1) is 5.82 Å². The number of nitrogens with zero attached hydrogens (tertiary/aromatic N) is 1. The number of methoxy groups -OCH3 is 1. The van der Waals surface area contributed by atoms with E-state index in [1.165, 1.54) is 0 Å². The van der Waals surface area contributed by atoms with E-state index in [0.29, 0.717) is 18.8 Å². The third-order valence-electron chi connectivity index (χ3n) is 3.15. The topological polar surface area (TPSA) is 24.5 Å². The van der Waals surface area contributed by atoms with Crippen molar-refractivity contribution in [1.82, 2.24) is 5.32 Å². The van der Waals surface area contributed by atoms with Gasteiger partial charge in [0, 0.05) is 33.3 Å². The Labute approximate surface area is 122 Å². The summed E-state index contributed by atoms with van der Waals surface area (Å²) in [6, 6.07) is 5.53. The summed E-state index contributed by atoms with van der Waals surface area (Å²) in [7, 11) is 1.67. The number of nitrogens with one attached hydrogen (secondary N) is 1. The maximum absolute atomic E-state index is 14.2. The van der Waals surface area contributed by atoms with Gasteiger partial charge in [-0.05, 0) is 30.5 Å². The van der Waals surface area contributed by atoms with Crippen LogP contribution in [-0.2, 0) is 11.3 Å². The molecule has 0 aliphatic carbocycles. The van der Waals surface area contributed by atoms with E-state index in [9.17, 15) is 4.39 Å². The molecule has 4 heteroatoms. The quantitative estimate of drug-likeness (QED) is 0.667. The van der Waals surface area contributed by atoms with Gasteiger partial charge in [0.05, 0.1) is 12.3 Å². The molecule has 0 saturated heterocycles. The molecule has 114 valence electrons. The van der Waals surface area contributed by atoms with Crippen molar-refractivity contribution in [2.24, 2.45) is 0 Å². The van der Waals surface area contributed by atoms with Gasteiger partial charge in [0.25, 0.3) is 0 Å². The van der Waals surface area contributed by atoms with Gasteiger partial charge in [-0.3, -0.25) is 0 Å². The third kappa shape index (κ3) is 5.47. The molecular weight excluding hydrogens is 255 g/mol. The number of hydrogen-bond donors (Lipinski definition) is 1. The minimum Gasteiger partial charge on any atom is -0.383 e. The lowest BCUT2D eigenvalue weighted by molar-refractivity contribution is 0.199. The highest BCUT2D eigenvalue weighted by Gasteiger charge is 2.10. The predicted molar refractivity (Wildman–Crippen MR) is 82.8 cm³/mol. The van der Waals surface area contributed by atoms with Crippen LogP contribution < -0.4 is 10.2 Å². The molecule has 3 nitrogen and oxygen atoms in total. The van der Waals surface area contributed by atoms with Crippen molar-refractivity contribution in [3.63, 3.8) is 0 Å². The lowest BCUT2D eigenvalue weighted by atomic mass is 10.1. The summed E-state index contributed by atoms with van der Waals surface area (Å²) in [5.74, 6) is -0.127. The molecule has 0 spiro atoms. The number of halogens is 1. The minimum absolute atomic E-state index is 0.127. The Morgan fingerprint density at radius 1 is 1.20 bits per heavy atom. The van der Waals surface area contributed by atoms with Gasteiger partial charge in [0.15, 0.2) is 0 Å². The van der Waals surface area contributed by atoms with E-state index in [2.05, 4.69) is 24.1 Å². The largest absolute Gasteiger partial charge is 0.383 e. The number of rotatable bonds is 10. The molecule has 20 heavy (non-hydrogen) atoms. The standard InChI is InChI=1S/C16H27FN2O/c1-4-9-19(10-5-2)16-7-6-14(12-15(16)17)13-18-8-11-20-3/h6-7,12,18H,4-5,8-11,13H2,1-3H3. The zero-order valence-corrected chi connectivity index (χ0v) is 12.9. The zero-order valence-electron chi connectivity index (χ0n) is 12.9. The van der Waals surface area contributed by atoms with E-state index in [0.717, 1.165) is 38.0 Å². The monoisotopic (exact) mass is 282 g/mol. The van der Waals surface area contributed by atoms with E-state index >= 15 is 0 Å². The lowest BCUT2D eigenvalue weighted by Crippen LogP contribution is -2.26. The first-order valence-corrected chi connectivity index (χ1v) is 7.45. The van der Waals surface area contributed by atoms with Crippen molar-refractivity contribution in [2.75, 3.05) is 38.3 Å². The molecule has 0 unspecified atom stereocenters. The summed E-state index contributed by atoms with van der Waals surface area (Å²) in [6.45, 7) is 8.15. The fourth-order valence-electron chi connectivity index (χ4n) is 2.22. The number of anilines is 1. The number of benzene rings is 1. The molecule has 0 radical (unpaired) electrons.